The molecule has 0 saturated carbocycles. The Hall–Kier alpha value is -1.87. The lowest BCUT2D eigenvalue weighted by Crippen LogP contribution is -2.32. The molecule has 2 nitrogen and oxygen atoms in total. The number of benzene rings is 2. The van der Waals surface area contributed by atoms with Crippen molar-refractivity contribution in [3.8, 4) is 5.75 Å². The first kappa shape index (κ1) is 13.1. The fraction of sp³-hybridized carbons (Fsp3) is 0.294. The summed E-state index contributed by atoms with van der Waals surface area (Å²) >= 11 is 0. The van der Waals surface area contributed by atoms with Crippen molar-refractivity contribution in [3.63, 3.8) is 0 Å². The van der Waals surface area contributed by atoms with Crippen LogP contribution in [-0.2, 0) is 13.1 Å². The first-order valence-corrected chi connectivity index (χ1v) is 6.86. The molecule has 1 aliphatic heterocycles. The summed E-state index contributed by atoms with van der Waals surface area (Å²) in [5.74, 6) is 0.296. The Morgan fingerprint density at radius 1 is 1.20 bits per heavy atom. The van der Waals surface area contributed by atoms with E-state index >= 15 is 0 Å². The van der Waals surface area contributed by atoms with E-state index in [2.05, 4.69) is 11.9 Å². The lowest BCUT2D eigenvalue weighted by Gasteiger charge is -2.35. The molecule has 3 rings (SSSR count). The minimum absolute atomic E-state index is 0.125. The Labute approximate surface area is 118 Å². The molecule has 0 aromatic heterocycles. The van der Waals surface area contributed by atoms with Crippen LogP contribution in [0.3, 0.4) is 0 Å². The van der Waals surface area contributed by atoms with Gasteiger partial charge >= 0.3 is 0 Å². The molecule has 1 N–H and O–H groups in total. The lowest BCUT2D eigenvalue weighted by atomic mass is 9.88. The van der Waals surface area contributed by atoms with Gasteiger partial charge in [0.15, 0.2) is 0 Å². The molecule has 20 heavy (non-hydrogen) atoms. The van der Waals surface area contributed by atoms with E-state index in [1.54, 1.807) is 6.07 Å². The number of phenolic OH excluding ortho intramolecular Hbond substituents is 1. The standard InChI is InChI=1S/C17H18FNO/c1-19-9-8-13-6-7-15(20)10-16(13)17(19)14-4-2-12(11-18)3-5-14/h2-7,10,17,20H,8-9,11H2,1H3. The molecule has 1 atom stereocenters. The van der Waals surface area contributed by atoms with E-state index in [-0.39, 0.29) is 6.04 Å². The van der Waals surface area contributed by atoms with Gasteiger partial charge in [-0.1, -0.05) is 30.3 Å². The number of hydrogen-bond acceptors (Lipinski definition) is 2. The fourth-order valence-corrected chi connectivity index (χ4v) is 2.95. The Morgan fingerprint density at radius 3 is 2.65 bits per heavy atom. The molecule has 0 fully saturated rings. The Balaban J connectivity index is 2.05. The predicted molar refractivity (Wildman–Crippen MR) is 77.5 cm³/mol. The number of phenols is 1. The van der Waals surface area contributed by atoms with Gasteiger partial charge in [0.1, 0.15) is 12.4 Å². The van der Waals surface area contributed by atoms with Crippen LogP contribution in [0.4, 0.5) is 4.39 Å². The highest BCUT2D eigenvalue weighted by Gasteiger charge is 2.26. The van der Waals surface area contributed by atoms with Gasteiger partial charge in [0, 0.05) is 6.54 Å². The molecule has 2 aromatic rings. The van der Waals surface area contributed by atoms with Crippen LogP contribution in [0.2, 0.25) is 0 Å². The molecule has 2 aromatic carbocycles. The third-order valence-electron chi connectivity index (χ3n) is 4.05. The first-order chi connectivity index (χ1) is 9.69. The quantitative estimate of drug-likeness (QED) is 0.904. The molecule has 0 radical (unpaired) electrons. The summed E-state index contributed by atoms with van der Waals surface area (Å²) in [5, 5.41) is 9.75. The molecule has 0 aliphatic carbocycles. The van der Waals surface area contributed by atoms with Crippen molar-refractivity contribution in [1.82, 2.24) is 4.90 Å². The minimum Gasteiger partial charge on any atom is -0.508 e. The normalized spacial score (nSPS) is 18.8. The number of aromatic hydroxyl groups is 1. The second-order valence-corrected chi connectivity index (χ2v) is 5.39. The number of fused-ring (bicyclic) bond motifs is 1. The third-order valence-corrected chi connectivity index (χ3v) is 4.05. The SMILES string of the molecule is CN1CCc2ccc(O)cc2C1c1ccc(CF)cc1. The summed E-state index contributed by atoms with van der Waals surface area (Å²) in [7, 11) is 2.08. The van der Waals surface area contributed by atoms with Gasteiger partial charge in [0.2, 0.25) is 0 Å². The number of nitrogens with zero attached hydrogens (tertiary/aromatic N) is 1. The molecule has 0 amide bonds. The van der Waals surface area contributed by atoms with E-state index in [9.17, 15) is 9.50 Å². The Kier molecular flexibility index (Phi) is 3.45. The molecule has 0 saturated heterocycles. The fourth-order valence-electron chi connectivity index (χ4n) is 2.95. The topological polar surface area (TPSA) is 23.5 Å². The largest absolute Gasteiger partial charge is 0.508 e. The van der Waals surface area contributed by atoms with E-state index in [1.807, 2.05) is 36.4 Å². The molecule has 1 unspecified atom stereocenters. The van der Waals surface area contributed by atoms with E-state index < -0.39 is 6.67 Å². The second kappa shape index (κ2) is 5.25. The molecule has 1 heterocycles. The van der Waals surface area contributed by atoms with Crippen molar-refractivity contribution in [2.45, 2.75) is 19.1 Å². The van der Waals surface area contributed by atoms with Crippen molar-refractivity contribution in [2.75, 3.05) is 13.6 Å². The van der Waals surface area contributed by atoms with Gasteiger partial charge in [-0.05, 0) is 47.9 Å². The highest BCUT2D eigenvalue weighted by Crippen LogP contribution is 2.35. The molecular formula is C17H18FNO. The van der Waals surface area contributed by atoms with E-state index in [1.165, 1.54) is 5.56 Å². The van der Waals surface area contributed by atoms with Crippen molar-refractivity contribution >= 4 is 0 Å². The van der Waals surface area contributed by atoms with Crippen LogP contribution in [0.15, 0.2) is 42.5 Å². The number of likely N-dealkylation sites (N-methyl/N-ethyl adjacent to an activating group) is 1. The van der Waals surface area contributed by atoms with Gasteiger partial charge in [-0.3, -0.25) is 4.90 Å². The zero-order valence-electron chi connectivity index (χ0n) is 11.5. The maximum absolute atomic E-state index is 12.6. The van der Waals surface area contributed by atoms with Crippen molar-refractivity contribution in [2.24, 2.45) is 0 Å². The van der Waals surface area contributed by atoms with Crippen LogP contribution >= 0.6 is 0 Å². The first-order valence-electron chi connectivity index (χ1n) is 6.86. The average molecular weight is 271 g/mol. The monoisotopic (exact) mass is 271 g/mol. The van der Waals surface area contributed by atoms with Gasteiger partial charge in [-0.2, -0.15) is 0 Å². The minimum atomic E-state index is -0.432. The zero-order valence-corrected chi connectivity index (χ0v) is 11.5. The summed E-state index contributed by atoms with van der Waals surface area (Å²) < 4.78 is 12.6. The highest BCUT2D eigenvalue weighted by molar-refractivity contribution is 5.43. The van der Waals surface area contributed by atoms with Crippen LogP contribution < -0.4 is 0 Å². The van der Waals surface area contributed by atoms with E-state index in [0.717, 1.165) is 24.1 Å². The summed E-state index contributed by atoms with van der Waals surface area (Å²) in [6, 6.07) is 13.3. The number of alkyl halides is 1. The molecule has 3 heteroatoms. The molecular weight excluding hydrogens is 253 g/mol. The summed E-state index contributed by atoms with van der Waals surface area (Å²) in [6.07, 6.45) is 0.991. The van der Waals surface area contributed by atoms with Gasteiger partial charge in [-0.15, -0.1) is 0 Å². The van der Waals surface area contributed by atoms with Gasteiger partial charge < -0.3 is 5.11 Å². The molecule has 0 bridgehead atoms. The summed E-state index contributed by atoms with van der Waals surface area (Å²) in [4.78, 5) is 2.27. The summed E-state index contributed by atoms with van der Waals surface area (Å²) in [5.41, 5.74) is 4.26. The number of halogens is 1. The van der Waals surface area contributed by atoms with E-state index in [4.69, 9.17) is 0 Å². The molecule has 1 aliphatic rings. The zero-order chi connectivity index (χ0) is 14.1. The van der Waals surface area contributed by atoms with Crippen molar-refractivity contribution in [3.05, 3.63) is 64.7 Å². The van der Waals surface area contributed by atoms with Crippen molar-refractivity contribution < 1.29 is 9.50 Å². The maximum Gasteiger partial charge on any atom is 0.115 e. The predicted octanol–water partition coefficient (Wildman–Crippen LogP) is 3.44. The lowest BCUT2D eigenvalue weighted by molar-refractivity contribution is 0.264. The Morgan fingerprint density at radius 2 is 1.95 bits per heavy atom. The summed E-state index contributed by atoms with van der Waals surface area (Å²) in [6.45, 7) is 0.547. The number of hydrogen-bond donors (Lipinski definition) is 1. The van der Waals surface area contributed by atoms with Crippen LogP contribution in [0.25, 0.3) is 0 Å². The highest BCUT2D eigenvalue weighted by atomic mass is 19.1. The molecule has 0 spiro atoms. The van der Waals surface area contributed by atoms with Gasteiger partial charge in [0.05, 0.1) is 6.04 Å². The average Bonchev–Trinajstić information content (AvgIpc) is 2.47. The third kappa shape index (κ3) is 2.29. The van der Waals surface area contributed by atoms with Crippen LogP contribution in [0.5, 0.6) is 5.75 Å². The smallest absolute Gasteiger partial charge is 0.115 e. The van der Waals surface area contributed by atoms with Crippen LogP contribution in [0.1, 0.15) is 28.3 Å². The molecule has 104 valence electrons. The number of rotatable bonds is 2. The van der Waals surface area contributed by atoms with E-state index in [0.29, 0.717) is 11.3 Å². The Bertz CT molecular complexity index is 609. The second-order valence-electron chi connectivity index (χ2n) is 5.39. The maximum atomic E-state index is 12.6. The van der Waals surface area contributed by atoms with Gasteiger partial charge in [-0.25, -0.2) is 4.39 Å². The van der Waals surface area contributed by atoms with Crippen LogP contribution in [-0.4, -0.2) is 23.6 Å². The van der Waals surface area contributed by atoms with Gasteiger partial charge in [0.25, 0.3) is 0 Å². The van der Waals surface area contributed by atoms with Crippen molar-refractivity contribution in [1.29, 1.82) is 0 Å². The van der Waals surface area contributed by atoms with Crippen LogP contribution in [0, 0.1) is 0 Å².